The van der Waals surface area contributed by atoms with E-state index in [1.807, 2.05) is 0 Å². The predicted molar refractivity (Wildman–Crippen MR) is 53.1 cm³/mol. The lowest BCUT2D eigenvalue weighted by molar-refractivity contribution is -0.138. The summed E-state index contributed by atoms with van der Waals surface area (Å²) in [6.07, 6.45) is -4.67. The van der Waals surface area contributed by atoms with Gasteiger partial charge in [-0.3, -0.25) is 0 Å². The van der Waals surface area contributed by atoms with Crippen molar-refractivity contribution in [2.75, 3.05) is 0 Å². The monoisotopic (exact) mass is 234 g/mol. The molecule has 90 valence electrons. The van der Waals surface area contributed by atoms with Crippen LogP contribution in [0, 0.1) is 0 Å². The van der Waals surface area contributed by atoms with Gasteiger partial charge in [0.25, 0.3) is 0 Å². The highest BCUT2D eigenvalue weighted by molar-refractivity contribution is 5.37. The number of benzene rings is 1. The Morgan fingerprint density at radius 1 is 1.31 bits per heavy atom. The van der Waals surface area contributed by atoms with E-state index in [1.165, 1.54) is 12.1 Å². The minimum atomic E-state index is -4.48. The van der Waals surface area contributed by atoms with Gasteiger partial charge >= 0.3 is 6.18 Å². The second kappa shape index (κ2) is 4.74. The van der Waals surface area contributed by atoms with Gasteiger partial charge in [0, 0.05) is 0 Å². The summed E-state index contributed by atoms with van der Waals surface area (Å²) in [6, 6.07) is 3.55. The van der Waals surface area contributed by atoms with Gasteiger partial charge in [0.05, 0.1) is 18.3 Å². The van der Waals surface area contributed by atoms with Crippen molar-refractivity contribution in [2.24, 2.45) is 0 Å². The van der Waals surface area contributed by atoms with E-state index in [9.17, 15) is 13.2 Å². The topological polar surface area (TPSA) is 29.5 Å². The first-order valence-electron chi connectivity index (χ1n) is 4.82. The first-order chi connectivity index (χ1) is 7.34. The molecule has 1 aromatic rings. The Hall–Kier alpha value is -1.23. The number of hydrogen-bond donors (Lipinski definition) is 1. The Morgan fingerprint density at radius 2 is 1.94 bits per heavy atom. The zero-order valence-corrected chi connectivity index (χ0v) is 9.01. The van der Waals surface area contributed by atoms with E-state index in [0.717, 1.165) is 6.07 Å². The molecule has 16 heavy (non-hydrogen) atoms. The highest BCUT2D eigenvalue weighted by Gasteiger charge is 2.33. The summed E-state index contributed by atoms with van der Waals surface area (Å²) in [6.45, 7) is 2.82. The molecule has 0 spiro atoms. The first-order valence-corrected chi connectivity index (χ1v) is 4.82. The fraction of sp³-hybridized carbons (Fsp3) is 0.455. The lowest BCUT2D eigenvalue weighted by Crippen LogP contribution is -2.11. The Bertz CT molecular complexity index is 359. The van der Waals surface area contributed by atoms with Crippen molar-refractivity contribution in [1.82, 2.24) is 0 Å². The second-order valence-electron chi connectivity index (χ2n) is 3.64. The van der Waals surface area contributed by atoms with Gasteiger partial charge in [-0.2, -0.15) is 13.2 Å². The maximum absolute atomic E-state index is 12.6. The molecule has 2 nitrogen and oxygen atoms in total. The molecule has 0 saturated carbocycles. The number of halogens is 3. The zero-order valence-electron chi connectivity index (χ0n) is 9.01. The maximum atomic E-state index is 12.6. The fourth-order valence-electron chi connectivity index (χ4n) is 1.30. The van der Waals surface area contributed by atoms with Crippen LogP contribution in [0.25, 0.3) is 0 Å². The summed E-state index contributed by atoms with van der Waals surface area (Å²) in [5, 5.41) is 8.81. The quantitative estimate of drug-likeness (QED) is 0.871. The molecule has 0 fully saturated rings. The fourth-order valence-corrected chi connectivity index (χ4v) is 1.30. The smallest absolute Gasteiger partial charge is 0.416 e. The average Bonchev–Trinajstić information content (AvgIpc) is 2.15. The molecule has 0 aliphatic rings. The zero-order chi connectivity index (χ0) is 12.3. The van der Waals surface area contributed by atoms with Gasteiger partial charge in [0.1, 0.15) is 5.75 Å². The molecule has 0 bridgehead atoms. The molecule has 5 heteroatoms. The summed E-state index contributed by atoms with van der Waals surface area (Å²) in [5.41, 5.74) is -1.00. The Kier molecular flexibility index (Phi) is 3.80. The van der Waals surface area contributed by atoms with Crippen LogP contribution in [0.1, 0.15) is 25.0 Å². The number of alkyl halides is 3. The molecule has 1 rings (SSSR count). The van der Waals surface area contributed by atoms with Gasteiger partial charge in [0.2, 0.25) is 0 Å². The molecule has 0 aromatic heterocycles. The van der Waals surface area contributed by atoms with E-state index in [2.05, 4.69) is 0 Å². The Balaban J connectivity index is 3.12. The van der Waals surface area contributed by atoms with Crippen LogP contribution in [0.15, 0.2) is 18.2 Å². The van der Waals surface area contributed by atoms with Crippen LogP contribution in [-0.2, 0) is 12.8 Å². The van der Waals surface area contributed by atoms with E-state index < -0.39 is 18.3 Å². The number of rotatable bonds is 3. The normalized spacial score (nSPS) is 11.9. The molecule has 0 unspecified atom stereocenters. The van der Waals surface area contributed by atoms with Crippen molar-refractivity contribution < 1.29 is 23.0 Å². The van der Waals surface area contributed by atoms with E-state index >= 15 is 0 Å². The van der Waals surface area contributed by atoms with Gasteiger partial charge in [-0.1, -0.05) is 6.07 Å². The molecule has 0 radical (unpaired) electrons. The minimum Gasteiger partial charge on any atom is -0.491 e. The van der Waals surface area contributed by atoms with Crippen LogP contribution in [0.3, 0.4) is 0 Å². The molecule has 0 saturated heterocycles. The van der Waals surface area contributed by atoms with Gasteiger partial charge in [-0.15, -0.1) is 0 Å². The molecule has 0 aliphatic carbocycles. The molecule has 1 N–H and O–H groups in total. The largest absolute Gasteiger partial charge is 0.491 e. The predicted octanol–water partition coefficient (Wildman–Crippen LogP) is 2.98. The maximum Gasteiger partial charge on any atom is 0.416 e. The average molecular weight is 234 g/mol. The van der Waals surface area contributed by atoms with Crippen LogP contribution in [0.2, 0.25) is 0 Å². The lowest BCUT2D eigenvalue weighted by Gasteiger charge is -2.15. The van der Waals surface area contributed by atoms with E-state index in [-0.39, 0.29) is 17.4 Å². The van der Waals surface area contributed by atoms with Crippen LogP contribution in [-0.4, -0.2) is 11.2 Å². The molecule has 0 amide bonds. The summed E-state index contributed by atoms with van der Waals surface area (Å²) >= 11 is 0. The van der Waals surface area contributed by atoms with E-state index in [1.54, 1.807) is 13.8 Å². The summed E-state index contributed by atoms with van der Waals surface area (Å²) in [4.78, 5) is 0. The summed E-state index contributed by atoms with van der Waals surface area (Å²) < 4.78 is 42.9. The molecular weight excluding hydrogens is 221 g/mol. The standard InChI is InChI=1S/C11H13F3O2/c1-7(2)16-9-4-3-8(6-15)10(5-9)11(12,13)14/h3-5,7,15H,6H2,1-2H3. The van der Waals surface area contributed by atoms with Crippen molar-refractivity contribution in [3.8, 4) is 5.75 Å². The van der Waals surface area contributed by atoms with Crippen molar-refractivity contribution >= 4 is 0 Å². The van der Waals surface area contributed by atoms with Gasteiger partial charge < -0.3 is 9.84 Å². The molecular formula is C11H13F3O2. The SMILES string of the molecule is CC(C)Oc1ccc(CO)c(C(F)(F)F)c1. The van der Waals surface area contributed by atoms with Crippen LogP contribution < -0.4 is 4.74 Å². The van der Waals surface area contributed by atoms with Crippen molar-refractivity contribution in [2.45, 2.75) is 32.7 Å². The van der Waals surface area contributed by atoms with Crippen LogP contribution in [0.4, 0.5) is 13.2 Å². The molecule has 1 aromatic carbocycles. The number of aliphatic hydroxyl groups excluding tert-OH is 1. The Labute approximate surface area is 91.7 Å². The summed E-state index contributed by atoms with van der Waals surface area (Å²) in [5.74, 6) is 0.152. The number of aliphatic hydroxyl groups is 1. The Morgan fingerprint density at radius 3 is 2.38 bits per heavy atom. The highest BCUT2D eigenvalue weighted by atomic mass is 19.4. The third-order valence-corrected chi connectivity index (χ3v) is 1.93. The summed E-state index contributed by atoms with van der Waals surface area (Å²) in [7, 11) is 0. The van der Waals surface area contributed by atoms with Gasteiger partial charge in [-0.05, 0) is 31.5 Å². The molecule has 0 aliphatic heterocycles. The third-order valence-electron chi connectivity index (χ3n) is 1.93. The van der Waals surface area contributed by atoms with E-state index in [4.69, 9.17) is 9.84 Å². The highest BCUT2D eigenvalue weighted by Crippen LogP contribution is 2.34. The minimum absolute atomic E-state index is 0.149. The van der Waals surface area contributed by atoms with Crippen molar-refractivity contribution in [3.63, 3.8) is 0 Å². The first kappa shape index (κ1) is 12.8. The number of hydrogen-bond acceptors (Lipinski definition) is 2. The van der Waals surface area contributed by atoms with Crippen LogP contribution >= 0.6 is 0 Å². The van der Waals surface area contributed by atoms with Gasteiger partial charge in [-0.25, -0.2) is 0 Å². The van der Waals surface area contributed by atoms with Crippen LogP contribution in [0.5, 0.6) is 5.75 Å². The van der Waals surface area contributed by atoms with E-state index in [0.29, 0.717) is 0 Å². The van der Waals surface area contributed by atoms with Crippen molar-refractivity contribution in [3.05, 3.63) is 29.3 Å². The molecule has 0 heterocycles. The lowest BCUT2D eigenvalue weighted by atomic mass is 10.1. The van der Waals surface area contributed by atoms with Crippen molar-refractivity contribution in [1.29, 1.82) is 0 Å². The second-order valence-corrected chi connectivity index (χ2v) is 3.64. The van der Waals surface area contributed by atoms with Gasteiger partial charge in [0.15, 0.2) is 0 Å². The molecule has 0 atom stereocenters. The number of ether oxygens (including phenoxy) is 1. The third kappa shape index (κ3) is 3.13.